The smallest absolute Gasteiger partial charge is 0.160 e. The number of phenolic OH excluding ortho intramolecular Hbond substituents is 1. The van der Waals surface area contributed by atoms with Crippen molar-refractivity contribution in [1.29, 1.82) is 0 Å². The first-order valence-corrected chi connectivity index (χ1v) is 5.92. The van der Waals surface area contributed by atoms with Crippen LogP contribution in [0.5, 0.6) is 11.5 Å². The third-order valence-corrected chi connectivity index (χ3v) is 3.63. The fourth-order valence-corrected chi connectivity index (χ4v) is 2.62. The number of rotatable bonds is 2. The zero-order chi connectivity index (χ0) is 11.1. The highest BCUT2D eigenvalue weighted by molar-refractivity contribution is 5.49. The number of ether oxygens (including phenoxy) is 1. The molecular formula is C13H17NO2. The van der Waals surface area contributed by atoms with Crippen LogP contribution in [-0.4, -0.2) is 18.8 Å². The molecule has 86 valence electrons. The second-order valence-corrected chi connectivity index (χ2v) is 4.74. The average Bonchev–Trinajstić information content (AvgIpc) is 3.11. The Morgan fingerprint density at radius 2 is 2.19 bits per heavy atom. The maximum Gasteiger partial charge on any atom is 0.160 e. The van der Waals surface area contributed by atoms with Gasteiger partial charge in [-0.15, -0.1) is 0 Å². The van der Waals surface area contributed by atoms with Gasteiger partial charge in [-0.25, -0.2) is 0 Å². The zero-order valence-corrected chi connectivity index (χ0v) is 9.49. The van der Waals surface area contributed by atoms with Crippen molar-refractivity contribution in [3.8, 4) is 11.5 Å². The molecule has 1 aliphatic carbocycles. The summed E-state index contributed by atoms with van der Waals surface area (Å²) in [5.74, 6) is 1.62. The summed E-state index contributed by atoms with van der Waals surface area (Å²) < 4.78 is 5.15. The van der Waals surface area contributed by atoms with Gasteiger partial charge in [0.2, 0.25) is 0 Å². The maximum absolute atomic E-state index is 9.83. The van der Waals surface area contributed by atoms with Gasteiger partial charge in [-0.05, 0) is 55.0 Å². The second kappa shape index (κ2) is 3.67. The number of phenols is 1. The molecule has 1 saturated carbocycles. The van der Waals surface area contributed by atoms with E-state index in [9.17, 15) is 5.11 Å². The number of nitrogens with one attached hydrogen (secondary N) is 1. The van der Waals surface area contributed by atoms with E-state index in [2.05, 4.69) is 5.32 Å². The molecule has 1 atom stereocenters. The summed E-state index contributed by atoms with van der Waals surface area (Å²) in [6, 6.07) is 4.31. The van der Waals surface area contributed by atoms with Crippen LogP contribution in [0, 0.1) is 5.92 Å². The molecule has 1 aromatic rings. The van der Waals surface area contributed by atoms with E-state index in [1.165, 1.54) is 24.0 Å². The highest BCUT2D eigenvalue weighted by Gasteiger charge is 2.35. The van der Waals surface area contributed by atoms with E-state index in [4.69, 9.17) is 4.74 Å². The SMILES string of the molecule is COc1cc2c(cc1O)C(C1CC1)NCC2. The van der Waals surface area contributed by atoms with Crippen molar-refractivity contribution in [3.05, 3.63) is 23.3 Å². The second-order valence-electron chi connectivity index (χ2n) is 4.74. The van der Waals surface area contributed by atoms with Crippen LogP contribution in [0.25, 0.3) is 0 Å². The van der Waals surface area contributed by atoms with Gasteiger partial charge >= 0.3 is 0 Å². The molecule has 2 aliphatic rings. The van der Waals surface area contributed by atoms with E-state index < -0.39 is 0 Å². The molecule has 0 aromatic heterocycles. The molecule has 3 nitrogen and oxygen atoms in total. The minimum Gasteiger partial charge on any atom is -0.504 e. The Hall–Kier alpha value is -1.22. The summed E-state index contributed by atoms with van der Waals surface area (Å²) >= 11 is 0. The van der Waals surface area contributed by atoms with Crippen molar-refractivity contribution >= 4 is 0 Å². The summed E-state index contributed by atoms with van der Waals surface area (Å²) in [7, 11) is 1.60. The quantitative estimate of drug-likeness (QED) is 0.799. The van der Waals surface area contributed by atoms with E-state index >= 15 is 0 Å². The lowest BCUT2D eigenvalue weighted by atomic mass is 9.91. The molecule has 1 heterocycles. The number of benzene rings is 1. The fraction of sp³-hybridized carbons (Fsp3) is 0.538. The van der Waals surface area contributed by atoms with Gasteiger partial charge in [0.25, 0.3) is 0 Å². The first-order chi connectivity index (χ1) is 7.79. The summed E-state index contributed by atoms with van der Waals surface area (Å²) in [5, 5.41) is 13.4. The van der Waals surface area contributed by atoms with Gasteiger partial charge < -0.3 is 15.2 Å². The maximum atomic E-state index is 9.83. The molecule has 3 heteroatoms. The Balaban J connectivity index is 2.03. The van der Waals surface area contributed by atoms with Crippen LogP contribution in [0.4, 0.5) is 0 Å². The standard InChI is InChI=1S/C13H17NO2/c1-16-12-6-9-4-5-14-13(8-2-3-8)10(9)7-11(12)15/h6-8,13-15H,2-5H2,1H3. The van der Waals surface area contributed by atoms with Crippen LogP contribution in [0.15, 0.2) is 12.1 Å². The predicted molar refractivity (Wildman–Crippen MR) is 61.8 cm³/mol. The number of hydrogen-bond donors (Lipinski definition) is 2. The summed E-state index contributed by atoms with van der Waals surface area (Å²) in [6.45, 7) is 1.03. The molecule has 1 fully saturated rings. The van der Waals surface area contributed by atoms with Crippen molar-refractivity contribution in [2.24, 2.45) is 5.92 Å². The Labute approximate surface area is 95.4 Å². The van der Waals surface area contributed by atoms with Gasteiger partial charge in [-0.3, -0.25) is 0 Å². The molecule has 1 aromatic carbocycles. The molecule has 0 bridgehead atoms. The Morgan fingerprint density at radius 3 is 2.88 bits per heavy atom. The van der Waals surface area contributed by atoms with E-state index in [1.54, 1.807) is 7.11 Å². The first-order valence-electron chi connectivity index (χ1n) is 5.92. The van der Waals surface area contributed by atoms with Gasteiger partial charge in [0, 0.05) is 6.04 Å². The summed E-state index contributed by atoms with van der Waals surface area (Å²) in [4.78, 5) is 0. The van der Waals surface area contributed by atoms with Crippen LogP contribution in [0.1, 0.15) is 30.0 Å². The topological polar surface area (TPSA) is 41.5 Å². The third-order valence-electron chi connectivity index (χ3n) is 3.63. The van der Waals surface area contributed by atoms with Gasteiger partial charge in [0.1, 0.15) is 0 Å². The Bertz CT molecular complexity index is 413. The van der Waals surface area contributed by atoms with Crippen molar-refractivity contribution in [2.75, 3.05) is 13.7 Å². The molecule has 16 heavy (non-hydrogen) atoms. The molecule has 3 rings (SSSR count). The lowest BCUT2D eigenvalue weighted by Crippen LogP contribution is -2.31. The number of methoxy groups -OCH3 is 1. The molecule has 1 aliphatic heterocycles. The van der Waals surface area contributed by atoms with Gasteiger partial charge in [-0.1, -0.05) is 0 Å². The van der Waals surface area contributed by atoms with Crippen molar-refractivity contribution in [2.45, 2.75) is 25.3 Å². The predicted octanol–water partition coefficient (Wildman–Crippen LogP) is 2.00. The van der Waals surface area contributed by atoms with Crippen LogP contribution in [0.2, 0.25) is 0 Å². The van der Waals surface area contributed by atoms with Crippen LogP contribution in [-0.2, 0) is 6.42 Å². The summed E-state index contributed by atoms with van der Waals surface area (Å²) in [6.07, 6.45) is 3.64. The summed E-state index contributed by atoms with van der Waals surface area (Å²) in [5.41, 5.74) is 2.59. The largest absolute Gasteiger partial charge is 0.504 e. The van der Waals surface area contributed by atoms with Crippen molar-refractivity contribution in [1.82, 2.24) is 5.32 Å². The monoisotopic (exact) mass is 219 g/mol. The molecule has 0 saturated heterocycles. The van der Waals surface area contributed by atoms with Crippen LogP contribution < -0.4 is 10.1 Å². The molecule has 0 radical (unpaired) electrons. The third kappa shape index (κ3) is 1.55. The average molecular weight is 219 g/mol. The highest BCUT2D eigenvalue weighted by atomic mass is 16.5. The lowest BCUT2D eigenvalue weighted by molar-refractivity contribution is 0.369. The van der Waals surface area contributed by atoms with E-state index in [1.807, 2.05) is 12.1 Å². The van der Waals surface area contributed by atoms with E-state index in [-0.39, 0.29) is 5.75 Å². The number of fused-ring (bicyclic) bond motifs is 1. The van der Waals surface area contributed by atoms with Crippen molar-refractivity contribution < 1.29 is 9.84 Å². The van der Waals surface area contributed by atoms with Gasteiger partial charge in [0.05, 0.1) is 7.11 Å². The van der Waals surface area contributed by atoms with Gasteiger partial charge in [-0.2, -0.15) is 0 Å². The van der Waals surface area contributed by atoms with E-state index in [0.717, 1.165) is 18.9 Å². The minimum absolute atomic E-state index is 0.260. The van der Waals surface area contributed by atoms with Crippen LogP contribution >= 0.6 is 0 Å². The normalized spacial score (nSPS) is 23.9. The van der Waals surface area contributed by atoms with Gasteiger partial charge in [0.15, 0.2) is 11.5 Å². The Kier molecular flexibility index (Phi) is 2.28. The molecule has 1 unspecified atom stereocenters. The van der Waals surface area contributed by atoms with Crippen molar-refractivity contribution in [3.63, 3.8) is 0 Å². The fourth-order valence-electron chi connectivity index (χ4n) is 2.62. The molecule has 0 spiro atoms. The zero-order valence-electron chi connectivity index (χ0n) is 9.49. The molecule has 0 amide bonds. The minimum atomic E-state index is 0.260. The highest BCUT2D eigenvalue weighted by Crippen LogP contribution is 2.45. The first kappa shape index (κ1) is 9.97. The number of hydrogen-bond acceptors (Lipinski definition) is 3. The Morgan fingerprint density at radius 1 is 1.38 bits per heavy atom. The molecular weight excluding hydrogens is 202 g/mol. The van der Waals surface area contributed by atoms with Crippen LogP contribution in [0.3, 0.4) is 0 Å². The molecule has 2 N–H and O–H groups in total. The lowest BCUT2D eigenvalue weighted by Gasteiger charge is -2.27. The number of aromatic hydroxyl groups is 1. The van der Waals surface area contributed by atoms with E-state index in [0.29, 0.717) is 11.8 Å².